The van der Waals surface area contributed by atoms with Crippen LogP contribution in [-0.2, 0) is 9.68 Å². The largest absolute Gasteiger partial charge is 0.392 e. The Balaban J connectivity index is 0.000000201. The summed E-state index contributed by atoms with van der Waals surface area (Å²) in [5.41, 5.74) is 6.49. The summed E-state index contributed by atoms with van der Waals surface area (Å²) >= 11 is 0. The predicted octanol–water partition coefficient (Wildman–Crippen LogP) is 9.97. The summed E-state index contributed by atoms with van der Waals surface area (Å²) in [6.45, 7) is 17.6. The van der Waals surface area contributed by atoms with E-state index in [4.69, 9.17) is 9.68 Å². The maximum Gasteiger partial charge on any atom is 0.255 e. The number of aryl methyl sites for hydroxylation is 4. The minimum atomic E-state index is -0.743. The molecule has 4 heterocycles. The van der Waals surface area contributed by atoms with Gasteiger partial charge in [-0.3, -0.25) is 18.7 Å². The van der Waals surface area contributed by atoms with E-state index >= 15 is 0 Å². The van der Waals surface area contributed by atoms with Gasteiger partial charge < -0.3 is 19.5 Å². The molecular weight excluding hydrogens is 873 g/mol. The second-order valence-electron chi connectivity index (χ2n) is 17.3. The highest BCUT2D eigenvalue weighted by Gasteiger charge is 2.24. The van der Waals surface area contributed by atoms with Crippen molar-refractivity contribution in [3.63, 3.8) is 0 Å². The minimum Gasteiger partial charge on any atom is -0.392 e. The zero-order valence-corrected chi connectivity index (χ0v) is 39.4. The standard InChI is InChI=1S/2C27H29F2N3O2/c2*1-4-31-14-12-22(13-15-31)34-30-26(23-10-9-21(28)16-24(23)29)20-8-11-25(33)32(17-20)27-18(2)6-5-7-19(27)3/h2*5-11,16-17,22H,4,12-15H2,1-3H3/b30-26+;30-26-. The maximum atomic E-state index is 14.8. The van der Waals surface area contributed by atoms with Crippen LogP contribution in [0.3, 0.4) is 0 Å². The van der Waals surface area contributed by atoms with Gasteiger partial charge in [-0.25, -0.2) is 17.6 Å². The zero-order chi connectivity index (χ0) is 48.5. The van der Waals surface area contributed by atoms with E-state index in [-0.39, 0.29) is 45.9 Å². The average Bonchev–Trinajstić information content (AvgIpc) is 3.32. The molecule has 10 nitrogen and oxygen atoms in total. The van der Waals surface area contributed by atoms with Gasteiger partial charge in [0.1, 0.15) is 46.9 Å². The van der Waals surface area contributed by atoms with Gasteiger partial charge in [-0.15, -0.1) is 0 Å². The number of benzene rings is 4. The number of pyridine rings is 2. The van der Waals surface area contributed by atoms with Crippen LogP contribution >= 0.6 is 0 Å². The van der Waals surface area contributed by atoms with Crippen LogP contribution < -0.4 is 11.1 Å². The molecule has 2 aliphatic rings. The molecule has 8 rings (SSSR count). The number of halogens is 4. The number of hydrogen-bond donors (Lipinski definition) is 0. The summed E-state index contributed by atoms with van der Waals surface area (Å²) in [5, 5.41) is 8.72. The molecule has 0 N–H and O–H groups in total. The third-order valence-electron chi connectivity index (χ3n) is 12.7. The third kappa shape index (κ3) is 11.7. The van der Waals surface area contributed by atoms with Gasteiger partial charge >= 0.3 is 0 Å². The second-order valence-corrected chi connectivity index (χ2v) is 17.3. The molecule has 0 bridgehead atoms. The van der Waals surface area contributed by atoms with Crippen LogP contribution in [-0.4, -0.2) is 81.8 Å². The molecule has 6 aromatic rings. The van der Waals surface area contributed by atoms with Crippen LogP contribution in [0.2, 0.25) is 0 Å². The Kier molecular flexibility index (Phi) is 16.3. The number of likely N-dealkylation sites (tertiary alicyclic amines) is 2. The van der Waals surface area contributed by atoms with Crippen molar-refractivity contribution in [2.45, 2.75) is 79.4 Å². The van der Waals surface area contributed by atoms with E-state index in [9.17, 15) is 27.2 Å². The van der Waals surface area contributed by atoms with Crippen LogP contribution in [0.4, 0.5) is 17.6 Å². The van der Waals surface area contributed by atoms with Crippen molar-refractivity contribution in [1.29, 1.82) is 0 Å². The normalized spacial score (nSPS) is 15.5. The highest BCUT2D eigenvalue weighted by molar-refractivity contribution is 6.13. The van der Waals surface area contributed by atoms with Crippen molar-refractivity contribution in [3.05, 3.63) is 198 Å². The number of nitrogens with zero attached hydrogens (tertiary/aromatic N) is 6. The Morgan fingerprint density at radius 3 is 1.21 bits per heavy atom. The minimum absolute atomic E-state index is 0.0918. The molecule has 2 fully saturated rings. The molecule has 68 heavy (non-hydrogen) atoms. The lowest BCUT2D eigenvalue weighted by Crippen LogP contribution is -2.36. The number of oxime groups is 2. The van der Waals surface area contributed by atoms with E-state index < -0.39 is 23.3 Å². The van der Waals surface area contributed by atoms with Crippen LogP contribution in [0, 0.1) is 51.0 Å². The number of para-hydroxylation sites is 2. The summed E-state index contributed by atoms with van der Waals surface area (Å²) in [4.78, 5) is 42.0. The molecule has 14 heteroatoms. The lowest BCUT2D eigenvalue weighted by atomic mass is 10.0. The summed E-state index contributed by atoms with van der Waals surface area (Å²) in [6.07, 6.45) is 6.37. The summed E-state index contributed by atoms with van der Waals surface area (Å²) in [6, 6.07) is 24.4. The van der Waals surface area contributed by atoms with E-state index in [1.165, 1.54) is 45.5 Å². The Bertz CT molecular complexity index is 2680. The van der Waals surface area contributed by atoms with Gasteiger partial charge in [-0.05, 0) is 125 Å². The highest BCUT2D eigenvalue weighted by atomic mass is 19.1. The summed E-state index contributed by atoms with van der Waals surface area (Å²) in [7, 11) is 0. The first-order valence-electron chi connectivity index (χ1n) is 23.2. The number of hydrogen-bond acceptors (Lipinski definition) is 8. The van der Waals surface area contributed by atoms with Crippen molar-refractivity contribution in [1.82, 2.24) is 18.9 Å². The SMILES string of the molecule is CCN1CCC(O/N=C(/c2ccc(=O)n(-c3c(C)cccc3C)c2)c2ccc(F)cc2F)CC1.CCN1CCC(O/N=C(\c2ccc(=O)n(-c3c(C)cccc3C)c2)c2ccc(F)cc2F)CC1. The zero-order valence-electron chi connectivity index (χ0n) is 39.4. The third-order valence-corrected chi connectivity index (χ3v) is 12.7. The molecule has 2 saturated heterocycles. The smallest absolute Gasteiger partial charge is 0.255 e. The molecule has 0 amide bonds. The quantitative estimate of drug-likeness (QED) is 0.0690. The van der Waals surface area contributed by atoms with Crippen molar-refractivity contribution in [2.24, 2.45) is 10.3 Å². The van der Waals surface area contributed by atoms with Crippen molar-refractivity contribution < 1.29 is 27.2 Å². The Morgan fingerprint density at radius 2 is 0.882 bits per heavy atom. The van der Waals surface area contributed by atoms with Gasteiger partial charge in [0.25, 0.3) is 11.1 Å². The molecule has 0 aliphatic carbocycles. The summed E-state index contributed by atoms with van der Waals surface area (Å²) in [5.74, 6) is -2.83. The van der Waals surface area contributed by atoms with Crippen LogP contribution in [0.15, 0.2) is 129 Å². The Morgan fingerprint density at radius 1 is 0.529 bits per heavy atom. The lowest BCUT2D eigenvalue weighted by molar-refractivity contribution is 0.0121. The number of aromatic nitrogens is 2. The molecule has 2 aliphatic heterocycles. The van der Waals surface area contributed by atoms with Crippen LogP contribution in [0.1, 0.15) is 84.0 Å². The highest BCUT2D eigenvalue weighted by Crippen LogP contribution is 2.24. The van der Waals surface area contributed by atoms with Crippen molar-refractivity contribution in [3.8, 4) is 11.4 Å². The first-order chi connectivity index (χ1) is 32.7. The Hall–Kier alpha value is -6.64. The molecule has 0 radical (unpaired) electrons. The first kappa shape index (κ1) is 49.3. The lowest BCUT2D eigenvalue weighted by Gasteiger charge is -2.29. The fourth-order valence-electron chi connectivity index (χ4n) is 8.77. The fraction of sp³-hybridized carbons (Fsp3) is 0.333. The van der Waals surface area contributed by atoms with E-state index in [2.05, 4.69) is 34.0 Å². The van der Waals surface area contributed by atoms with Crippen molar-refractivity contribution >= 4 is 11.4 Å². The Labute approximate surface area is 394 Å². The maximum absolute atomic E-state index is 14.8. The van der Waals surface area contributed by atoms with E-state index in [0.717, 1.165) is 111 Å². The van der Waals surface area contributed by atoms with Gasteiger partial charge in [0.15, 0.2) is 0 Å². The van der Waals surface area contributed by atoms with Gasteiger partial charge in [-0.1, -0.05) is 60.6 Å². The van der Waals surface area contributed by atoms with Crippen molar-refractivity contribution in [2.75, 3.05) is 39.3 Å². The molecular formula is C54H58F4N6O4. The summed E-state index contributed by atoms with van der Waals surface area (Å²) < 4.78 is 60.0. The van der Waals surface area contributed by atoms with E-state index in [0.29, 0.717) is 11.1 Å². The molecule has 0 saturated carbocycles. The monoisotopic (exact) mass is 930 g/mol. The molecule has 0 atom stereocenters. The van der Waals surface area contributed by atoms with Gasteiger partial charge in [0.05, 0.1) is 11.4 Å². The first-order valence-corrected chi connectivity index (χ1v) is 23.2. The molecule has 4 aromatic carbocycles. The number of piperidine rings is 2. The van der Waals surface area contributed by atoms with Gasteiger partial charge in [-0.2, -0.15) is 0 Å². The van der Waals surface area contributed by atoms with Gasteiger partial charge in [0.2, 0.25) is 0 Å². The molecule has 0 spiro atoms. The van der Waals surface area contributed by atoms with E-state index in [1.807, 2.05) is 64.1 Å². The average molecular weight is 931 g/mol. The molecule has 2 aromatic heterocycles. The fourth-order valence-corrected chi connectivity index (χ4v) is 8.77. The molecule has 0 unspecified atom stereocenters. The van der Waals surface area contributed by atoms with E-state index in [1.54, 1.807) is 24.5 Å². The van der Waals surface area contributed by atoms with Crippen LogP contribution in [0.25, 0.3) is 11.4 Å². The number of rotatable bonds is 12. The van der Waals surface area contributed by atoms with Gasteiger partial charge in [0, 0.05) is 85.1 Å². The molecule has 356 valence electrons. The second kappa shape index (κ2) is 22.4. The predicted molar refractivity (Wildman–Crippen MR) is 259 cm³/mol. The topological polar surface area (TPSA) is 93.7 Å². The van der Waals surface area contributed by atoms with Crippen LogP contribution in [0.5, 0.6) is 0 Å².